The summed E-state index contributed by atoms with van der Waals surface area (Å²) in [5.74, 6) is 0.799. The highest BCUT2D eigenvalue weighted by atomic mass is 16.5. The average Bonchev–Trinajstić information content (AvgIpc) is 3.08. The molecule has 1 saturated heterocycles. The molecule has 1 aromatic heterocycles. The number of amides is 1. The molecule has 0 aromatic carbocycles. The third-order valence-corrected chi connectivity index (χ3v) is 3.87. The molecule has 2 aliphatic rings. The molecule has 0 radical (unpaired) electrons. The van der Waals surface area contributed by atoms with Crippen molar-refractivity contribution >= 4 is 5.91 Å². The van der Waals surface area contributed by atoms with Gasteiger partial charge in [-0.15, -0.1) is 0 Å². The van der Waals surface area contributed by atoms with E-state index in [-0.39, 0.29) is 12.0 Å². The summed E-state index contributed by atoms with van der Waals surface area (Å²) in [4.78, 5) is 16.3. The van der Waals surface area contributed by atoms with Crippen molar-refractivity contribution < 1.29 is 14.1 Å². The fourth-order valence-corrected chi connectivity index (χ4v) is 2.66. The van der Waals surface area contributed by atoms with Crippen LogP contribution in [-0.4, -0.2) is 66.8 Å². The van der Waals surface area contributed by atoms with E-state index in [1.807, 2.05) is 0 Å². The maximum Gasteiger partial charge on any atom is 0.276 e. The molecule has 1 saturated carbocycles. The molecule has 0 bridgehead atoms. The van der Waals surface area contributed by atoms with Crippen LogP contribution in [0.15, 0.2) is 16.9 Å². The first-order chi connectivity index (χ1) is 9.72. The van der Waals surface area contributed by atoms with Gasteiger partial charge in [-0.3, -0.25) is 4.79 Å². The SMILES string of the molecule is CN(CC1CC1)C[C@H]1CN(C(=O)c2ccon2)CCO1. The van der Waals surface area contributed by atoms with Crippen LogP contribution in [0.4, 0.5) is 0 Å². The number of morpholine rings is 1. The normalized spacial score (nSPS) is 23.3. The Balaban J connectivity index is 1.51. The van der Waals surface area contributed by atoms with Crippen molar-refractivity contribution in [1.82, 2.24) is 15.0 Å². The number of ether oxygens (including phenoxy) is 1. The van der Waals surface area contributed by atoms with Crippen LogP contribution in [0.1, 0.15) is 23.3 Å². The van der Waals surface area contributed by atoms with E-state index in [1.54, 1.807) is 11.0 Å². The van der Waals surface area contributed by atoms with Crippen molar-refractivity contribution in [2.45, 2.75) is 18.9 Å². The van der Waals surface area contributed by atoms with Gasteiger partial charge in [0, 0.05) is 32.2 Å². The van der Waals surface area contributed by atoms with Crippen LogP contribution >= 0.6 is 0 Å². The molecule has 1 aromatic rings. The minimum Gasteiger partial charge on any atom is -0.373 e. The van der Waals surface area contributed by atoms with Gasteiger partial charge in [-0.05, 0) is 25.8 Å². The molecule has 1 aliphatic carbocycles. The van der Waals surface area contributed by atoms with E-state index in [0.29, 0.717) is 25.4 Å². The van der Waals surface area contributed by atoms with Crippen molar-refractivity contribution in [1.29, 1.82) is 0 Å². The number of rotatable bonds is 5. The van der Waals surface area contributed by atoms with Crippen molar-refractivity contribution in [3.8, 4) is 0 Å². The van der Waals surface area contributed by atoms with Gasteiger partial charge in [-0.1, -0.05) is 5.16 Å². The van der Waals surface area contributed by atoms with Crippen molar-refractivity contribution in [2.75, 3.05) is 39.8 Å². The summed E-state index contributed by atoms with van der Waals surface area (Å²) in [5, 5.41) is 3.71. The second kappa shape index (κ2) is 5.93. The van der Waals surface area contributed by atoms with Gasteiger partial charge in [0.15, 0.2) is 5.69 Å². The molecule has 0 N–H and O–H groups in total. The predicted octanol–water partition coefficient (Wildman–Crippen LogP) is 0.857. The number of aromatic nitrogens is 1. The number of hydrogen-bond donors (Lipinski definition) is 0. The number of hydrogen-bond acceptors (Lipinski definition) is 5. The number of carbonyl (C=O) groups excluding carboxylic acids is 1. The van der Waals surface area contributed by atoms with E-state index in [0.717, 1.165) is 19.0 Å². The standard InChI is InChI=1S/C14H21N3O3/c1-16(8-11-2-3-11)9-12-10-17(5-7-19-12)14(18)13-4-6-20-15-13/h4,6,11-12H,2-3,5,7-10H2,1H3/t12-/m0/s1. The van der Waals surface area contributed by atoms with Crippen molar-refractivity contribution in [3.63, 3.8) is 0 Å². The summed E-state index contributed by atoms with van der Waals surface area (Å²) >= 11 is 0. The number of carbonyl (C=O) groups is 1. The van der Waals surface area contributed by atoms with Gasteiger partial charge in [0.05, 0.1) is 12.7 Å². The lowest BCUT2D eigenvalue weighted by atomic mass is 10.2. The van der Waals surface area contributed by atoms with E-state index >= 15 is 0 Å². The topological polar surface area (TPSA) is 58.8 Å². The molecule has 0 spiro atoms. The van der Waals surface area contributed by atoms with Crippen LogP contribution in [-0.2, 0) is 4.74 Å². The third kappa shape index (κ3) is 3.37. The first-order valence-corrected chi connectivity index (χ1v) is 7.22. The Hall–Kier alpha value is -1.40. The largest absolute Gasteiger partial charge is 0.373 e. The van der Waals surface area contributed by atoms with Crippen LogP contribution in [0.3, 0.4) is 0 Å². The fourth-order valence-electron chi connectivity index (χ4n) is 2.66. The van der Waals surface area contributed by atoms with E-state index < -0.39 is 0 Å². The first kappa shape index (κ1) is 13.6. The number of likely N-dealkylation sites (N-methyl/N-ethyl adjacent to an activating group) is 1. The maximum atomic E-state index is 12.2. The Bertz CT molecular complexity index is 445. The van der Waals surface area contributed by atoms with Crippen LogP contribution in [0.25, 0.3) is 0 Å². The average molecular weight is 279 g/mol. The molecule has 110 valence electrons. The molecule has 1 atom stereocenters. The second-order valence-electron chi connectivity index (χ2n) is 5.79. The Morgan fingerprint density at radius 3 is 3.05 bits per heavy atom. The molecule has 20 heavy (non-hydrogen) atoms. The van der Waals surface area contributed by atoms with Gasteiger partial charge in [-0.2, -0.15) is 0 Å². The Morgan fingerprint density at radius 2 is 2.35 bits per heavy atom. The monoisotopic (exact) mass is 279 g/mol. The lowest BCUT2D eigenvalue weighted by molar-refractivity contribution is -0.0336. The Labute approximate surface area is 118 Å². The van der Waals surface area contributed by atoms with E-state index in [9.17, 15) is 4.79 Å². The third-order valence-electron chi connectivity index (χ3n) is 3.87. The minimum absolute atomic E-state index is 0.0723. The molecule has 1 amide bonds. The highest BCUT2D eigenvalue weighted by Crippen LogP contribution is 2.29. The van der Waals surface area contributed by atoms with Gasteiger partial charge < -0.3 is 19.1 Å². The van der Waals surface area contributed by atoms with Crippen LogP contribution in [0, 0.1) is 5.92 Å². The molecule has 2 fully saturated rings. The van der Waals surface area contributed by atoms with Gasteiger partial charge >= 0.3 is 0 Å². The molecule has 1 aliphatic heterocycles. The predicted molar refractivity (Wildman–Crippen MR) is 72.4 cm³/mol. The van der Waals surface area contributed by atoms with Gasteiger partial charge in [-0.25, -0.2) is 0 Å². The molecule has 6 nitrogen and oxygen atoms in total. The lowest BCUT2D eigenvalue weighted by Gasteiger charge is -2.34. The second-order valence-corrected chi connectivity index (χ2v) is 5.79. The van der Waals surface area contributed by atoms with E-state index in [4.69, 9.17) is 9.26 Å². The van der Waals surface area contributed by atoms with Gasteiger partial charge in [0.1, 0.15) is 6.26 Å². The van der Waals surface area contributed by atoms with Crippen LogP contribution in [0.2, 0.25) is 0 Å². The van der Waals surface area contributed by atoms with Crippen LogP contribution < -0.4 is 0 Å². The van der Waals surface area contributed by atoms with E-state index in [2.05, 4.69) is 17.1 Å². The summed E-state index contributed by atoms with van der Waals surface area (Å²) in [7, 11) is 2.13. The highest BCUT2D eigenvalue weighted by Gasteiger charge is 2.28. The quantitative estimate of drug-likeness (QED) is 0.800. The molecule has 2 heterocycles. The van der Waals surface area contributed by atoms with Crippen molar-refractivity contribution in [3.05, 3.63) is 18.0 Å². The zero-order chi connectivity index (χ0) is 13.9. The smallest absolute Gasteiger partial charge is 0.276 e. The summed E-state index contributed by atoms with van der Waals surface area (Å²) < 4.78 is 10.5. The molecule has 0 unspecified atom stereocenters. The lowest BCUT2D eigenvalue weighted by Crippen LogP contribution is -2.49. The zero-order valence-electron chi connectivity index (χ0n) is 11.8. The van der Waals surface area contributed by atoms with Gasteiger partial charge in [0.2, 0.25) is 0 Å². The molecule has 6 heteroatoms. The Kier molecular flexibility index (Phi) is 4.03. The minimum atomic E-state index is -0.0723. The fraction of sp³-hybridized carbons (Fsp3) is 0.714. The summed E-state index contributed by atoms with van der Waals surface area (Å²) in [5.41, 5.74) is 0.372. The maximum absolute atomic E-state index is 12.2. The van der Waals surface area contributed by atoms with Crippen LogP contribution in [0.5, 0.6) is 0 Å². The number of nitrogens with zero attached hydrogens (tertiary/aromatic N) is 3. The van der Waals surface area contributed by atoms with Gasteiger partial charge in [0.25, 0.3) is 5.91 Å². The van der Waals surface area contributed by atoms with E-state index in [1.165, 1.54) is 19.1 Å². The summed E-state index contributed by atoms with van der Waals surface area (Å²) in [6.07, 6.45) is 4.22. The summed E-state index contributed by atoms with van der Waals surface area (Å²) in [6, 6.07) is 1.60. The van der Waals surface area contributed by atoms with Crippen molar-refractivity contribution in [2.24, 2.45) is 5.92 Å². The molecular formula is C14H21N3O3. The Morgan fingerprint density at radius 1 is 1.50 bits per heavy atom. The molecule has 3 rings (SSSR count). The molecular weight excluding hydrogens is 258 g/mol. The highest BCUT2D eigenvalue weighted by molar-refractivity contribution is 5.92. The first-order valence-electron chi connectivity index (χ1n) is 7.22. The zero-order valence-corrected chi connectivity index (χ0v) is 11.8. The summed E-state index contributed by atoms with van der Waals surface area (Å²) in [6.45, 7) is 3.84.